The Morgan fingerprint density at radius 3 is 2.76 bits per heavy atom. The minimum atomic E-state index is -0.288. The van der Waals surface area contributed by atoms with Crippen LogP contribution in [0.3, 0.4) is 0 Å². The average molecular weight is 393 g/mol. The van der Waals surface area contributed by atoms with Crippen molar-refractivity contribution in [3.8, 4) is 22.8 Å². The number of nitrogens with zero attached hydrogens (tertiary/aromatic N) is 2. The predicted octanol–water partition coefficient (Wildman–Crippen LogP) is 5.07. The van der Waals surface area contributed by atoms with Crippen LogP contribution in [0.4, 0.5) is 5.82 Å². The number of hydrogen-bond acceptors (Lipinski definition) is 5. The number of hydrogen-bond donors (Lipinski definition) is 1. The lowest BCUT2D eigenvalue weighted by atomic mass is 9.95. The van der Waals surface area contributed by atoms with E-state index in [0.717, 1.165) is 22.7 Å². The molecule has 0 radical (unpaired) electrons. The summed E-state index contributed by atoms with van der Waals surface area (Å²) in [6.45, 7) is 1.77. The molecule has 1 N–H and O–H groups in total. The Balaban J connectivity index is 1.74. The molecule has 3 aromatic rings. The lowest BCUT2D eigenvalue weighted by Crippen LogP contribution is -2.23. The second-order valence-corrected chi connectivity index (χ2v) is 7.41. The Hall–Kier alpha value is -3.02. The van der Waals surface area contributed by atoms with Crippen molar-refractivity contribution in [3.63, 3.8) is 0 Å². The molecular formula is C23H27N3O3. The first kappa shape index (κ1) is 19.3. The molecule has 1 saturated carbocycles. The number of imidazole rings is 1. The number of rotatable bonds is 6. The highest BCUT2D eigenvalue weighted by Gasteiger charge is 2.20. The first-order chi connectivity index (χ1) is 14.2. The molecular weight excluding hydrogens is 366 g/mol. The third-order valence-corrected chi connectivity index (χ3v) is 5.43. The topological polar surface area (TPSA) is 64.9 Å². The molecule has 0 amide bonds. The molecule has 1 aliphatic carbocycles. The molecule has 0 bridgehead atoms. The third kappa shape index (κ3) is 4.06. The maximum absolute atomic E-state index is 11.7. The van der Waals surface area contributed by atoms with Crippen LogP contribution >= 0.6 is 0 Å². The van der Waals surface area contributed by atoms with Crippen molar-refractivity contribution in [2.24, 2.45) is 0 Å². The van der Waals surface area contributed by atoms with E-state index in [0.29, 0.717) is 24.0 Å². The van der Waals surface area contributed by atoms with E-state index in [1.165, 1.54) is 32.1 Å². The molecule has 1 aliphatic rings. The molecule has 0 atom stereocenters. The highest BCUT2D eigenvalue weighted by atomic mass is 16.6. The van der Waals surface area contributed by atoms with Crippen LogP contribution in [0.5, 0.6) is 11.5 Å². The van der Waals surface area contributed by atoms with Gasteiger partial charge in [-0.05, 0) is 43.2 Å². The highest BCUT2D eigenvalue weighted by molar-refractivity contribution is 5.79. The molecule has 1 aromatic carbocycles. The maximum Gasteiger partial charge on any atom is 0.311 e. The van der Waals surface area contributed by atoms with Gasteiger partial charge in [0.15, 0.2) is 11.5 Å². The Kier molecular flexibility index (Phi) is 5.69. The van der Waals surface area contributed by atoms with Crippen LogP contribution in [0.25, 0.3) is 16.9 Å². The van der Waals surface area contributed by atoms with E-state index in [4.69, 9.17) is 14.5 Å². The summed E-state index contributed by atoms with van der Waals surface area (Å²) >= 11 is 0. The lowest BCUT2D eigenvalue weighted by Gasteiger charge is -2.24. The van der Waals surface area contributed by atoms with Crippen LogP contribution in [-0.4, -0.2) is 28.5 Å². The number of methoxy groups -OCH3 is 1. The summed E-state index contributed by atoms with van der Waals surface area (Å²) in [7, 11) is 1.58. The number of carbonyl (C=O) groups excluding carboxylic acids is 1. The summed E-state index contributed by atoms with van der Waals surface area (Å²) in [4.78, 5) is 16.6. The van der Waals surface area contributed by atoms with Crippen LogP contribution in [0.1, 0.15) is 45.4 Å². The van der Waals surface area contributed by atoms with Gasteiger partial charge in [-0.2, -0.15) is 0 Å². The van der Waals surface area contributed by atoms with E-state index in [2.05, 4.69) is 9.72 Å². The van der Waals surface area contributed by atoms with Gasteiger partial charge in [0.2, 0.25) is 0 Å². The maximum atomic E-state index is 11.7. The molecule has 1 fully saturated rings. The SMILES string of the molecule is CCC(=O)Oc1ccc(-c2nc3ccccn3c2NC2CCCCC2)cc1OC. The molecule has 0 saturated heterocycles. The highest BCUT2D eigenvalue weighted by Crippen LogP contribution is 2.36. The van der Waals surface area contributed by atoms with Crippen molar-refractivity contribution >= 4 is 17.4 Å². The van der Waals surface area contributed by atoms with Gasteiger partial charge in [-0.15, -0.1) is 0 Å². The first-order valence-electron chi connectivity index (χ1n) is 10.3. The summed E-state index contributed by atoms with van der Waals surface area (Å²) in [5.41, 5.74) is 2.68. The zero-order valence-electron chi connectivity index (χ0n) is 17.0. The number of anilines is 1. The van der Waals surface area contributed by atoms with Crippen molar-refractivity contribution < 1.29 is 14.3 Å². The van der Waals surface area contributed by atoms with E-state index in [1.54, 1.807) is 20.1 Å². The molecule has 152 valence electrons. The summed E-state index contributed by atoms with van der Waals surface area (Å²) in [6.07, 6.45) is 8.53. The van der Waals surface area contributed by atoms with E-state index < -0.39 is 0 Å². The number of benzene rings is 1. The van der Waals surface area contributed by atoms with E-state index in [1.807, 2.05) is 36.5 Å². The van der Waals surface area contributed by atoms with Crippen LogP contribution in [0.15, 0.2) is 42.6 Å². The van der Waals surface area contributed by atoms with E-state index in [9.17, 15) is 4.79 Å². The Morgan fingerprint density at radius 2 is 2.00 bits per heavy atom. The summed E-state index contributed by atoms with van der Waals surface area (Å²) in [6, 6.07) is 12.0. The number of carbonyl (C=O) groups is 1. The fraction of sp³-hybridized carbons (Fsp3) is 0.391. The smallest absolute Gasteiger partial charge is 0.311 e. The number of aromatic nitrogens is 2. The van der Waals surface area contributed by atoms with Gasteiger partial charge in [-0.1, -0.05) is 32.3 Å². The van der Waals surface area contributed by atoms with Crippen molar-refractivity contribution in [1.82, 2.24) is 9.38 Å². The minimum absolute atomic E-state index is 0.288. The number of ether oxygens (including phenoxy) is 2. The molecule has 0 aliphatic heterocycles. The summed E-state index contributed by atoms with van der Waals surface area (Å²) in [5, 5.41) is 3.74. The van der Waals surface area contributed by atoms with E-state index >= 15 is 0 Å². The molecule has 6 heteroatoms. The zero-order chi connectivity index (χ0) is 20.2. The quantitative estimate of drug-likeness (QED) is 0.468. The third-order valence-electron chi connectivity index (χ3n) is 5.43. The Bertz CT molecular complexity index is 1010. The van der Waals surface area contributed by atoms with Crippen LogP contribution < -0.4 is 14.8 Å². The number of fused-ring (bicyclic) bond motifs is 1. The Morgan fingerprint density at radius 1 is 1.17 bits per heavy atom. The van der Waals surface area contributed by atoms with Crippen LogP contribution in [0, 0.1) is 0 Å². The summed E-state index contributed by atoms with van der Waals surface area (Å²) < 4.78 is 13.0. The van der Waals surface area contributed by atoms with Crippen LogP contribution in [-0.2, 0) is 4.79 Å². The van der Waals surface area contributed by atoms with Crippen molar-refractivity contribution in [1.29, 1.82) is 0 Å². The van der Waals surface area contributed by atoms with Crippen molar-refractivity contribution in [2.75, 3.05) is 12.4 Å². The van der Waals surface area contributed by atoms with Gasteiger partial charge >= 0.3 is 5.97 Å². The second kappa shape index (κ2) is 8.55. The second-order valence-electron chi connectivity index (χ2n) is 7.41. The monoisotopic (exact) mass is 393 g/mol. The molecule has 29 heavy (non-hydrogen) atoms. The lowest BCUT2D eigenvalue weighted by molar-refractivity contribution is -0.134. The van der Waals surface area contributed by atoms with E-state index in [-0.39, 0.29) is 5.97 Å². The van der Waals surface area contributed by atoms with Crippen molar-refractivity contribution in [2.45, 2.75) is 51.5 Å². The van der Waals surface area contributed by atoms with Gasteiger partial charge in [0.05, 0.1) is 7.11 Å². The molecule has 2 heterocycles. The number of nitrogens with one attached hydrogen (secondary N) is 1. The van der Waals surface area contributed by atoms with Crippen molar-refractivity contribution in [3.05, 3.63) is 42.6 Å². The number of esters is 1. The fourth-order valence-corrected chi connectivity index (χ4v) is 3.87. The minimum Gasteiger partial charge on any atom is -0.493 e. The van der Waals surface area contributed by atoms with Gasteiger partial charge < -0.3 is 14.8 Å². The largest absolute Gasteiger partial charge is 0.493 e. The standard InChI is InChI=1S/C23H27N3O3/c1-3-21(27)29-18-13-12-16(15-19(18)28-2)22-23(24-17-9-5-4-6-10-17)26-14-8-7-11-20(26)25-22/h7-8,11-15,17,24H,3-6,9-10H2,1-2H3. The molecule has 0 spiro atoms. The Labute approximate surface area is 170 Å². The summed E-state index contributed by atoms with van der Waals surface area (Å²) in [5.74, 6) is 1.65. The molecule has 4 rings (SSSR count). The zero-order valence-corrected chi connectivity index (χ0v) is 17.0. The molecule has 2 aromatic heterocycles. The van der Waals surface area contributed by atoms with Gasteiger partial charge in [-0.25, -0.2) is 4.98 Å². The first-order valence-corrected chi connectivity index (χ1v) is 10.3. The molecule has 6 nitrogen and oxygen atoms in total. The average Bonchev–Trinajstić information content (AvgIpc) is 3.13. The number of pyridine rings is 1. The predicted molar refractivity (Wildman–Crippen MR) is 114 cm³/mol. The van der Waals surface area contributed by atoms with Crippen LogP contribution in [0.2, 0.25) is 0 Å². The normalized spacial score (nSPS) is 14.7. The van der Waals surface area contributed by atoms with Gasteiger partial charge in [0.1, 0.15) is 17.2 Å². The van der Waals surface area contributed by atoms with Gasteiger partial charge in [-0.3, -0.25) is 9.20 Å². The molecule has 0 unspecified atom stereocenters. The van der Waals surface area contributed by atoms with Gasteiger partial charge in [0, 0.05) is 24.2 Å². The van der Waals surface area contributed by atoms with Gasteiger partial charge in [0.25, 0.3) is 0 Å². The fourth-order valence-electron chi connectivity index (χ4n) is 3.87.